The number of rotatable bonds is 5. The van der Waals surface area contributed by atoms with Crippen molar-refractivity contribution in [2.75, 3.05) is 18.9 Å². The average Bonchev–Trinajstić information content (AvgIpc) is 2.26. The predicted octanol–water partition coefficient (Wildman–Crippen LogP) is 1.37. The van der Waals surface area contributed by atoms with Gasteiger partial charge < -0.3 is 5.32 Å². The first-order valence-electron chi connectivity index (χ1n) is 5.51. The van der Waals surface area contributed by atoms with Crippen LogP contribution in [0.3, 0.4) is 0 Å². The second-order valence-corrected chi connectivity index (χ2v) is 6.10. The molecule has 0 aliphatic rings. The van der Waals surface area contributed by atoms with Gasteiger partial charge in [-0.25, -0.2) is 18.1 Å². The van der Waals surface area contributed by atoms with E-state index in [4.69, 9.17) is 0 Å². The molecule has 1 heterocycles. The van der Waals surface area contributed by atoms with E-state index < -0.39 is 10.0 Å². The van der Waals surface area contributed by atoms with Crippen molar-refractivity contribution in [1.82, 2.24) is 9.71 Å². The third-order valence-corrected chi connectivity index (χ3v) is 3.67. The quantitative estimate of drug-likeness (QED) is 0.835. The fourth-order valence-corrected chi connectivity index (χ4v) is 2.56. The molecular formula is C11H19N3O2S. The topological polar surface area (TPSA) is 71.1 Å². The van der Waals surface area contributed by atoms with Gasteiger partial charge in [0.2, 0.25) is 10.0 Å². The summed E-state index contributed by atoms with van der Waals surface area (Å²) in [5, 5.41) is 2.90. The molecule has 0 atom stereocenters. The highest BCUT2D eigenvalue weighted by molar-refractivity contribution is 7.89. The van der Waals surface area contributed by atoms with Crippen LogP contribution in [0.1, 0.15) is 19.4 Å². The molecule has 0 saturated carbocycles. The monoisotopic (exact) mass is 257 g/mol. The van der Waals surface area contributed by atoms with E-state index in [2.05, 4.69) is 15.0 Å². The summed E-state index contributed by atoms with van der Waals surface area (Å²) >= 11 is 0. The molecule has 0 unspecified atom stereocenters. The Morgan fingerprint density at radius 3 is 2.53 bits per heavy atom. The molecule has 96 valence electrons. The SMILES string of the molecule is CNc1ncc(S(=O)(=O)NCC(C)C)cc1C. The van der Waals surface area contributed by atoms with Crippen LogP contribution in [0.25, 0.3) is 0 Å². The molecule has 0 fully saturated rings. The van der Waals surface area contributed by atoms with Gasteiger partial charge in [0.1, 0.15) is 10.7 Å². The number of pyridine rings is 1. The minimum Gasteiger partial charge on any atom is -0.373 e. The first-order chi connectivity index (χ1) is 7.86. The van der Waals surface area contributed by atoms with Crippen LogP contribution >= 0.6 is 0 Å². The van der Waals surface area contributed by atoms with Gasteiger partial charge in [0, 0.05) is 19.8 Å². The van der Waals surface area contributed by atoms with Gasteiger partial charge in [-0.2, -0.15) is 0 Å². The second kappa shape index (κ2) is 5.46. The summed E-state index contributed by atoms with van der Waals surface area (Å²) in [6.45, 7) is 6.15. The molecule has 0 amide bonds. The molecule has 0 aliphatic heterocycles. The van der Waals surface area contributed by atoms with Gasteiger partial charge in [-0.1, -0.05) is 13.8 Å². The van der Waals surface area contributed by atoms with Crippen molar-refractivity contribution < 1.29 is 8.42 Å². The first kappa shape index (κ1) is 13.9. The molecule has 0 spiro atoms. The number of sulfonamides is 1. The van der Waals surface area contributed by atoms with Crippen molar-refractivity contribution in [3.8, 4) is 0 Å². The van der Waals surface area contributed by atoms with Crippen LogP contribution in [0, 0.1) is 12.8 Å². The maximum atomic E-state index is 11.9. The van der Waals surface area contributed by atoms with Crippen LogP contribution < -0.4 is 10.0 Å². The van der Waals surface area contributed by atoms with Crippen LogP contribution in [0.5, 0.6) is 0 Å². The first-order valence-corrected chi connectivity index (χ1v) is 6.99. The predicted molar refractivity (Wildman–Crippen MR) is 68.5 cm³/mol. The van der Waals surface area contributed by atoms with E-state index in [0.29, 0.717) is 12.4 Å². The van der Waals surface area contributed by atoms with Gasteiger partial charge in [-0.3, -0.25) is 0 Å². The zero-order valence-electron chi connectivity index (χ0n) is 10.6. The maximum Gasteiger partial charge on any atom is 0.242 e. The molecule has 0 bridgehead atoms. The number of nitrogens with one attached hydrogen (secondary N) is 2. The molecular weight excluding hydrogens is 238 g/mol. The van der Waals surface area contributed by atoms with Gasteiger partial charge in [0.25, 0.3) is 0 Å². The summed E-state index contributed by atoms with van der Waals surface area (Å²) in [4.78, 5) is 4.26. The highest BCUT2D eigenvalue weighted by atomic mass is 32.2. The Labute approximate surface area is 103 Å². The van der Waals surface area contributed by atoms with E-state index in [0.717, 1.165) is 5.56 Å². The number of anilines is 1. The largest absolute Gasteiger partial charge is 0.373 e. The lowest BCUT2D eigenvalue weighted by atomic mass is 10.2. The summed E-state index contributed by atoms with van der Waals surface area (Å²) < 4.78 is 26.4. The van der Waals surface area contributed by atoms with Crippen molar-refractivity contribution in [2.45, 2.75) is 25.7 Å². The van der Waals surface area contributed by atoms with E-state index in [9.17, 15) is 8.42 Å². The van der Waals surface area contributed by atoms with E-state index in [-0.39, 0.29) is 10.8 Å². The van der Waals surface area contributed by atoms with Gasteiger partial charge in [0.05, 0.1) is 0 Å². The van der Waals surface area contributed by atoms with Crippen molar-refractivity contribution >= 4 is 15.8 Å². The highest BCUT2D eigenvalue weighted by Crippen LogP contribution is 2.15. The van der Waals surface area contributed by atoms with Crippen molar-refractivity contribution in [1.29, 1.82) is 0 Å². The summed E-state index contributed by atoms with van der Waals surface area (Å²) in [7, 11) is -1.69. The summed E-state index contributed by atoms with van der Waals surface area (Å²) in [6, 6.07) is 1.61. The van der Waals surface area contributed by atoms with E-state index >= 15 is 0 Å². The van der Waals surface area contributed by atoms with Crippen LogP contribution in [-0.4, -0.2) is 27.0 Å². The minimum absolute atomic E-state index is 0.203. The average molecular weight is 257 g/mol. The molecule has 0 aromatic carbocycles. The second-order valence-electron chi connectivity index (χ2n) is 4.33. The lowest BCUT2D eigenvalue weighted by molar-refractivity contribution is 0.559. The van der Waals surface area contributed by atoms with E-state index in [1.165, 1.54) is 6.20 Å². The molecule has 1 aromatic heterocycles. The molecule has 5 nitrogen and oxygen atoms in total. The number of aryl methyl sites for hydroxylation is 1. The highest BCUT2D eigenvalue weighted by Gasteiger charge is 2.15. The van der Waals surface area contributed by atoms with Crippen LogP contribution in [0.15, 0.2) is 17.2 Å². The standard InChI is InChI=1S/C11H19N3O2S/c1-8(2)6-14-17(15,16)10-5-9(3)11(12-4)13-7-10/h5,7-8,14H,6H2,1-4H3,(H,12,13). The Morgan fingerprint density at radius 1 is 1.41 bits per heavy atom. The zero-order valence-corrected chi connectivity index (χ0v) is 11.4. The lowest BCUT2D eigenvalue weighted by Crippen LogP contribution is -2.27. The molecule has 0 saturated heterocycles. The number of nitrogens with zero attached hydrogens (tertiary/aromatic N) is 1. The van der Waals surface area contributed by atoms with Crippen LogP contribution in [-0.2, 0) is 10.0 Å². The van der Waals surface area contributed by atoms with Crippen molar-refractivity contribution in [3.63, 3.8) is 0 Å². The third-order valence-electron chi connectivity index (χ3n) is 2.28. The molecule has 0 radical (unpaired) electrons. The van der Waals surface area contributed by atoms with Gasteiger partial charge >= 0.3 is 0 Å². The Hall–Kier alpha value is -1.14. The van der Waals surface area contributed by atoms with Crippen LogP contribution in [0.2, 0.25) is 0 Å². The van der Waals surface area contributed by atoms with E-state index in [1.54, 1.807) is 13.1 Å². The molecule has 0 aliphatic carbocycles. The molecule has 1 aromatic rings. The number of hydrogen-bond acceptors (Lipinski definition) is 4. The molecule has 17 heavy (non-hydrogen) atoms. The zero-order chi connectivity index (χ0) is 13.1. The van der Waals surface area contributed by atoms with Crippen molar-refractivity contribution in [2.24, 2.45) is 5.92 Å². The number of aromatic nitrogens is 1. The fraction of sp³-hybridized carbons (Fsp3) is 0.545. The fourth-order valence-electron chi connectivity index (χ4n) is 1.32. The van der Waals surface area contributed by atoms with Crippen molar-refractivity contribution in [3.05, 3.63) is 17.8 Å². The van der Waals surface area contributed by atoms with Gasteiger partial charge in [-0.05, 0) is 24.5 Å². The number of hydrogen-bond donors (Lipinski definition) is 2. The molecule has 1 rings (SSSR count). The summed E-state index contributed by atoms with van der Waals surface area (Å²) in [5.41, 5.74) is 0.805. The third kappa shape index (κ3) is 3.67. The van der Waals surface area contributed by atoms with Crippen LogP contribution in [0.4, 0.5) is 5.82 Å². The smallest absolute Gasteiger partial charge is 0.242 e. The Bertz CT molecular complexity index is 483. The summed E-state index contributed by atoms with van der Waals surface area (Å²) in [5.74, 6) is 0.961. The molecule has 2 N–H and O–H groups in total. The Balaban J connectivity index is 2.96. The van der Waals surface area contributed by atoms with Gasteiger partial charge in [-0.15, -0.1) is 0 Å². The summed E-state index contributed by atoms with van der Waals surface area (Å²) in [6.07, 6.45) is 1.36. The van der Waals surface area contributed by atoms with E-state index in [1.807, 2.05) is 20.8 Å². The lowest BCUT2D eigenvalue weighted by Gasteiger charge is -2.10. The molecule has 6 heteroatoms. The minimum atomic E-state index is -3.44. The van der Waals surface area contributed by atoms with Gasteiger partial charge in [0.15, 0.2) is 0 Å². The maximum absolute atomic E-state index is 11.9. The Morgan fingerprint density at radius 2 is 2.06 bits per heavy atom. The Kier molecular flexibility index (Phi) is 4.47. The normalized spacial score (nSPS) is 11.8.